The Morgan fingerprint density at radius 3 is 2.48 bits per heavy atom. The molecule has 4 nitrogen and oxygen atoms in total. The van der Waals surface area contributed by atoms with Gasteiger partial charge in [0.25, 0.3) is 0 Å². The van der Waals surface area contributed by atoms with E-state index in [1.54, 1.807) is 0 Å². The smallest absolute Gasteiger partial charge is 0.319 e. The normalized spacial score (nSPS) is 11.2. The van der Waals surface area contributed by atoms with Crippen molar-refractivity contribution >= 4 is 39.5 Å². The zero-order chi connectivity index (χ0) is 17.8. The molecule has 5 heteroatoms. The van der Waals surface area contributed by atoms with Crippen LogP contribution in [0, 0.1) is 3.70 Å². The van der Waals surface area contributed by atoms with E-state index in [0.717, 1.165) is 0 Å². The highest BCUT2D eigenvalue weighted by atomic mass is 127. The highest BCUT2D eigenvalue weighted by Crippen LogP contribution is 2.28. The van der Waals surface area contributed by atoms with Gasteiger partial charge in [0.2, 0.25) is 0 Å². The van der Waals surface area contributed by atoms with E-state index in [4.69, 9.17) is 4.74 Å². The standard InChI is InChI=1S/C20H21IN2O2/c1-22-18-11-7-6-10-16(18)17(20(22)21)13-23(14-19(24)25-2)12-15-8-4-3-5-9-15/h3-11H,12-14H2,1-2H3. The number of aromatic nitrogens is 1. The SMILES string of the molecule is COC(=O)CN(Cc1ccccc1)Cc1c(I)n(C)c2ccccc12. The molecule has 0 radical (unpaired) electrons. The van der Waals surface area contributed by atoms with Crippen LogP contribution in [0.15, 0.2) is 54.6 Å². The van der Waals surface area contributed by atoms with E-state index >= 15 is 0 Å². The van der Waals surface area contributed by atoms with Crippen molar-refractivity contribution in [3.05, 3.63) is 69.4 Å². The summed E-state index contributed by atoms with van der Waals surface area (Å²) < 4.78 is 8.29. The molecular weight excluding hydrogens is 427 g/mol. The molecule has 130 valence electrons. The van der Waals surface area contributed by atoms with Gasteiger partial charge in [0.1, 0.15) is 0 Å². The summed E-state index contributed by atoms with van der Waals surface area (Å²) in [5.74, 6) is -0.217. The quantitative estimate of drug-likeness (QED) is 0.423. The van der Waals surface area contributed by atoms with Crippen LogP contribution in [0.3, 0.4) is 0 Å². The zero-order valence-electron chi connectivity index (χ0n) is 14.4. The summed E-state index contributed by atoms with van der Waals surface area (Å²) in [4.78, 5) is 14.0. The molecule has 0 saturated heterocycles. The van der Waals surface area contributed by atoms with E-state index in [0.29, 0.717) is 13.1 Å². The fourth-order valence-electron chi connectivity index (χ4n) is 3.07. The molecule has 0 aliphatic carbocycles. The van der Waals surface area contributed by atoms with Gasteiger partial charge in [0.05, 0.1) is 17.4 Å². The molecule has 3 rings (SSSR count). The molecule has 0 amide bonds. The fourth-order valence-corrected chi connectivity index (χ4v) is 3.79. The lowest BCUT2D eigenvalue weighted by Gasteiger charge is -2.21. The average molecular weight is 448 g/mol. The Balaban J connectivity index is 1.92. The number of benzene rings is 2. The number of hydrogen-bond acceptors (Lipinski definition) is 3. The molecule has 1 heterocycles. The summed E-state index contributed by atoms with van der Waals surface area (Å²) in [7, 11) is 3.51. The maximum absolute atomic E-state index is 11.9. The van der Waals surface area contributed by atoms with Crippen LogP contribution in [0.25, 0.3) is 10.9 Å². The maximum Gasteiger partial charge on any atom is 0.319 e. The lowest BCUT2D eigenvalue weighted by molar-refractivity contribution is -0.142. The van der Waals surface area contributed by atoms with E-state index in [1.807, 2.05) is 18.2 Å². The summed E-state index contributed by atoms with van der Waals surface area (Å²) in [6, 6.07) is 18.6. The van der Waals surface area contributed by atoms with Gasteiger partial charge in [-0.15, -0.1) is 0 Å². The molecule has 0 spiro atoms. The molecule has 0 N–H and O–H groups in total. The van der Waals surface area contributed by atoms with Crippen LogP contribution in [0.5, 0.6) is 0 Å². The van der Waals surface area contributed by atoms with E-state index in [9.17, 15) is 4.79 Å². The molecule has 0 bridgehead atoms. The number of halogens is 1. The van der Waals surface area contributed by atoms with Crippen LogP contribution < -0.4 is 0 Å². The predicted octanol–water partition coefficient (Wildman–Crippen LogP) is 3.96. The molecular formula is C20H21IN2O2. The molecule has 0 saturated carbocycles. The third-order valence-corrected chi connectivity index (χ3v) is 5.72. The minimum atomic E-state index is -0.217. The number of ether oxygens (including phenoxy) is 1. The van der Waals surface area contributed by atoms with Crippen molar-refractivity contribution in [3.63, 3.8) is 0 Å². The number of para-hydroxylation sites is 1. The minimum absolute atomic E-state index is 0.217. The van der Waals surface area contributed by atoms with Crippen molar-refractivity contribution in [3.8, 4) is 0 Å². The van der Waals surface area contributed by atoms with Gasteiger partial charge in [-0.25, -0.2) is 0 Å². The number of rotatable bonds is 6. The molecule has 0 fully saturated rings. The monoisotopic (exact) mass is 448 g/mol. The minimum Gasteiger partial charge on any atom is -0.468 e. The summed E-state index contributed by atoms with van der Waals surface area (Å²) in [5.41, 5.74) is 3.64. The predicted molar refractivity (Wildman–Crippen MR) is 108 cm³/mol. The van der Waals surface area contributed by atoms with Crippen LogP contribution in [0.1, 0.15) is 11.1 Å². The van der Waals surface area contributed by atoms with Crippen molar-refractivity contribution in [2.75, 3.05) is 13.7 Å². The zero-order valence-corrected chi connectivity index (χ0v) is 16.6. The lowest BCUT2D eigenvalue weighted by Crippen LogP contribution is -2.30. The molecule has 2 aromatic carbocycles. The molecule has 0 unspecified atom stereocenters. The third kappa shape index (κ3) is 4.04. The van der Waals surface area contributed by atoms with E-state index in [2.05, 4.69) is 75.5 Å². The van der Waals surface area contributed by atoms with Crippen molar-refractivity contribution in [1.29, 1.82) is 0 Å². The number of nitrogens with zero attached hydrogens (tertiary/aromatic N) is 2. The second-order valence-corrected chi connectivity index (χ2v) is 7.07. The van der Waals surface area contributed by atoms with Crippen molar-refractivity contribution in [1.82, 2.24) is 9.47 Å². The summed E-state index contributed by atoms with van der Waals surface area (Å²) in [6.07, 6.45) is 0. The summed E-state index contributed by atoms with van der Waals surface area (Å²) in [6.45, 7) is 1.67. The first kappa shape index (κ1) is 17.9. The number of fused-ring (bicyclic) bond motifs is 1. The Morgan fingerprint density at radius 2 is 1.76 bits per heavy atom. The van der Waals surface area contributed by atoms with Gasteiger partial charge >= 0.3 is 5.97 Å². The van der Waals surface area contributed by atoms with Gasteiger partial charge < -0.3 is 9.30 Å². The molecule has 1 aromatic heterocycles. The summed E-state index contributed by atoms with van der Waals surface area (Å²) in [5, 5.41) is 1.23. The van der Waals surface area contributed by atoms with Crippen molar-refractivity contribution in [2.45, 2.75) is 13.1 Å². The number of hydrogen-bond donors (Lipinski definition) is 0. The first-order chi connectivity index (χ1) is 12.1. The topological polar surface area (TPSA) is 34.5 Å². The Hall–Kier alpha value is -1.86. The molecule has 3 aromatic rings. The Bertz CT molecular complexity index is 874. The number of carbonyl (C=O) groups is 1. The molecule has 0 atom stereocenters. The maximum atomic E-state index is 11.9. The van der Waals surface area contributed by atoms with Crippen LogP contribution in [-0.4, -0.2) is 29.1 Å². The van der Waals surface area contributed by atoms with Crippen LogP contribution in [0.4, 0.5) is 0 Å². The molecule has 0 aliphatic rings. The second kappa shape index (κ2) is 8.01. The first-order valence-electron chi connectivity index (χ1n) is 8.15. The fraction of sp³-hybridized carbons (Fsp3) is 0.250. The largest absolute Gasteiger partial charge is 0.468 e. The third-order valence-electron chi connectivity index (χ3n) is 4.35. The lowest BCUT2D eigenvalue weighted by atomic mass is 10.1. The highest BCUT2D eigenvalue weighted by molar-refractivity contribution is 14.1. The first-order valence-corrected chi connectivity index (χ1v) is 9.23. The number of aryl methyl sites for hydroxylation is 1. The van der Waals surface area contributed by atoms with Crippen LogP contribution in [-0.2, 0) is 29.7 Å². The highest BCUT2D eigenvalue weighted by Gasteiger charge is 2.18. The van der Waals surface area contributed by atoms with E-state index < -0.39 is 0 Å². The van der Waals surface area contributed by atoms with Gasteiger partial charge in [0, 0.05) is 36.6 Å². The van der Waals surface area contributed by atoms with Gasteiger partial charge in [0.15, 0.2) is 0 Å². The Labute approximate surface area is 161 Å². The van der Waals surface area contributed by atoms with Gasteiger partial charge in [-0.05, 0) is 34.2 Å². The molecule has 25 heavy (non-hydrogen) atoms. The summed E-state index contributed by atoms with van der Waals surface area (Å²) >= 11 is 2.39. The van der Waals surface area contributed by atoms with Crippen LogP contribution in [0.2, 0.25) is 0 Å². The number of esters is 1. The van der Waals surface area contributed by atoms with E-state index in [-0.39, 0.29) is 12.5 Å². The second-order valence-electron chi connectivity index (χ2n) is 6.05. The average Bonchev–Trinajstić information content (AvgIpc) is 2.87. The van der Waals surface area contributed by atoms with Gasteiger partial charge in [-0.3, -0.25) is 9.69 Å². The van der Waals surface area contributed by atoms with E-state index in [1.165, 1.54) is 32.8 Å². The van der Waals surface area contributed by atoms with Crippen molar-refractivity contribution in [2.24, 2.45) is 7.05 Å². The van der Waals surface area contributed by atoms with Crippen molar-refractivity contribution < 1.29 is 9.53 Å². The Morgan fingerprint density at radius 1 is 1.08 bits per heavy atom. The van der Waals surface area contributed by atoms with Gasteiger partial charge in [-0.2, -0.15) is 0 Å². The number of carbonyl (C=O) groups excluding carboxylic acids is 1. The molecule has 0 aliphatic heterocycles. The Kier molecular flexibility index (Phi) is 5.75. The van der Waals surface area contributed by atoms with Crippen LogP contribution >= 0.6 is 22.6 Å². The van der Waals surface area contributed by atoms with Gasteiger partial charge in [-0.1, -0.05) is 48.5 Å². The number of methoxy groups -OCH3 is 1.